The topological polar surface area (TPSA) is 9.23 Å². The summed E-state index contributed by atoms with van der Waals surface area (Å²) in [6, 6.07) is 20.7. The van der Waals surface area contributed by atoms with Gasteiger partial charge in [0.05, 0.1) is 6.26 Å². The Labute approximate surface area is 127 Å². The Kier molecular flexibility index (Phi) is 4.19. The maximum Gasteiger partial charge on any atom is 0.228 e. The van der Waals surface area contributed by atoms with Crippen molar-refractivity contribution in [3.05, 3.63) is 85.2 Å². The molecule has 0 N–H and O–H groups in total. The molecule has 0 bridgehead atoms. The lowest BCUT2D eigenvalue weighted by atomic mass is 10.4. The van der Waals surface area contributed by atoms with Crippen LogP contribution in [0.15, 0.2) is 94.9 Å². The minimum absolute atomic E-state index is 0.447. The second kappa shape index (κ2) is 6.25. The van der Waals surface area contributed by atoms with Crippen molar-refractivity contribution in [2.24, 2.45) is 0 Å². The van der Waals surface area contributed by atoms with Crippen molar-refractivity contribution in [1.82, 2.24) is 0 Å². The Morgan fingerprint density at radius 2 is 1.25 bits per heavy atom. The van der Waals surface area contributed by atoms with Crippen LogP contribution < -0.4 is 0 Å². The Balaban J connectivity index is 1.85. The third-order valence-electron chi connectivity index (χ3n) is 2.73. The van der Waals surface area contributed by atoms with E-state index in [4.69, 9.17) is 4.74 Å². The number of benzene rings is 2. The quantitative estimate of drug-likeness (QED) is 0.706. The zero-order chi connectivity index (χ0) is 13.7. The van der Waals surface area contributed by atoms with Crippen LogP contribution in [0.4, 0.5) is 0 Å². The molecule has 0 saturated carbocycles. The molecule has 0 spiro atoms. The van der Waals surface area contributed by atoms with Crippen LogP contribution in [0.2, 0.25) is 0 Å². The number of rotatable bonds is 4. The van der Waals surface area contributed by atoms with E-state index >= 15 is 0 Å². The monoisotopic (exact) mass is 298 g/mol. The highest BCUT2D eigenvalue weighted by Crippen LogP contribution is 2.48. The minimum atomic E-state index is -0.447. The van der Waals surface area contributed by atoms with Crippen molar-refractivity contribution < 1.29 is 4.74 Å². The summed E-state index contributed by atoms with van der Waals surface area (Å²) >= 11 is 3.42. The van der Waals surface area contributed by atoms with Gasteiger partial charge in [-0.2, -0.15) is 0 Å². The zero-order valence-corrected chi connectivity index (χ0v) is 12.4. The van der Waals surface area contributed by atoms with Gasteiger partial charge in [0, 0.05) is 9.79 Å². The summed E-state index contributed by atoms with van der Waals surface area (Å²) in [5.41, 5.74) is 0. The molecule has 1 aliphatic rings. The molecule has 20 heavy (non-hydrogen) atoms. The molecule has 0 saturated heterocycles. The SMILES string of the molecule is C1=COC(Sc2ccccc2)(Sc2ccccc2)C=C1. The third kappa shape index (κ3) is 3.30. The first-order valence-electron chi connectivity index (χ1n) is 6.37. The predicted molar refractivity (Wildman–Crippen MR) is 86.7 cm³/mol. The van der Waals surface area contributed by atoms with Gasteiger partial charge in [0.25, 0.3) is 0 Å². The normalized spacial score (nSPS) is 15.8. The lowest BCUT2D eigenvalue weighted by Crippen LogP contribution is -2.20. The Morgan fingerprint density at radius 1 is 0.700 bits per heavy atom. The van der Waals surface area contributed by atoms with Crippen molar-refractivity contribution in [3.8, 4) is 0 Å². The van der Waals surface area contributed by atoms with Crippen LogP contribution in [0.1, 0.15) is 0 Å². The smallest absolute Gasteiger partial charge is 0.228 e. The van der Waals surface area contributed by atoms with Gasteiger partial charge in [0.2, 0.25) is 4.27 Å². The summed E-state index contributed by atoms with van der Waals surface area (Å²) < 4.78 is 5.49. The maximum atomic E-state index is 5.93. The first-order chi connectivity index (χ1) is 9.86. The van der Waals surface area contributed by atoms with E-state index in [0.717, 1.165) is 0 Å². The van der Waals surface area contributed by atoms with Crippen LogP contribution in [0, 0.1) is 0 Å². The van der Waals surface area contributed by atoms with Crippen LogP contribution in [0.25, 0.3) is 0 Å². The minimum Gasteiger partial charge on any atom is -0.470 e. The van der Waals surface area contributed by atoms with E-state index < -0.39 is 4.27 Å². The molecule has 0 amide bonds. The third-order valence-corrected chi connectivity index (χ3v) is 5.28. The van der Waals surface area contributed by atoms with Crippen LogP contribution in [0.3, 0.4) is 0 Å². The van der Waals surface area contributed by atoms with E-state index in [9.17, 15) is 0 Å². The molecule has 0 radical (unpaired) electrons. The second-order valence-corrected chi connectivity index (χ2v) is 7.06. The van der Waals surface area contributed by atoms with Gasteiger partial charge < -0.3 is 4.74 Å². The standard InChI is InChI=1S/C17H14OS2/c1-3-9-15(10-4-1)19-17(13-7-8-14-18-17)20-16-11-5-2-6-12-16/h1-14H. The van der Waals surface area contributed by atoms with Crippen molar-refractivity contribution in [3.63, 3.8) is 0 Å². The Bertz CT molecular complexity index is 564. The highest BCUT2D eigenvalue weighted by molar-refractivity contribution is 8.18. The number of thioether (sulfide) groups is 2. The van der Waals surface area contributed by atoms with Crippen LogP contribution in [-0.2, 0) is 4.74 Å². The Hall–Kier alpha value is -1.58. The molecule has 1 aliphatic heterocycles. The first-order valence-corrected chi connectivity index (χ1v) is 8.00. The summed E-state index contributed by atoms with van der Waals surface area (Å²) in [7, 11) is 0. The average Bonchev–Trinajstić information content (AvgIpc) is 2.50. The van der Waals surface area contributed by atoms with E-state index in [0.29, 0.717) is 0 Å². The highest BCUT2D eigenvalue weighted by atomic mass is 32.2. The highest BCUT2D eigenvalue weighted by Gasteiger charge is 2.32. The average molecular weight is 298 g/mol. The number of hydrogen-bond donors (Lipinski definition) is 0. The van der Waals surface area contributed by atoms with Gasteiger partial charge in [-0.3, -0.25) is 0 Å². The van der Waals surface area contributed by atoms with Crippen molar-refractivity contribution in [2.45, 2.75) is 14.1 Å². The molecular weight excluding hydrogens is 284 g/mol. The van der Waals surface area contributed by atoms with Crippen molar-refractivity contribution in [2.75, 3.05) is 0 Å². The van der Waals surface area contributed by atoms with E-state index in [1.807, 2.05) is 48.6 Å². The molecular formula is C17H14OS2. The molecule has 0 aromatic heterocycles. The van der Waals surface area contributed by atoms with Crippen LogP contribution >= 0.6 is 23.5 Å². The van der Waals surface area contributed by atoms with Gasteiger partial charge in [-0.1, -0.05) is 66.0 Å². The van der Waals surface area contributed by atoms with Crippen LogP contribution in [-0.4, -0.2) is 4.27 Å². The number of allylic oxidation sites excluding steroid dienone is 2. The number of ether oxygens (including phenoxy) is 1. The molecule has 0 atom stereocenters. The zero-order valence-electron chi connectivity index (χ0n) is 10.8. The molecule has 0 fully saturated rings. The Morgan fingerprint density at radius 3 is 1.70 bits per heavy atom. The molecule has 2 aromatic rings. The van der Waals surface area contributed by atoms with E-state index in [1.165, 1.54) is 9.79 Å². The van der Waals surface area contributed by atoms with Gasteiger partial charge in [-0.05, 0) is 36.4 Å². The van der Waals surface area contributed by atoms with Crippen LogP contribution in [0.5, 0.6) is 0 Å². The fraction of sp³-hybridized carbons (Fsp3) is 0.0588. The summed E-state index contributed by atoms with van der Waals surface area (Å²) in [6.45, 7) is 0. The summed E-state index contributed by atoms with van der Waals surface area (Å²) in [5.74, 6) is 0. The summed E-state index contributed by atoms with van der Waals surface area (Å²) in [5, 5.41) is 0. The van der Waals surface area contributed by atoms with Gasteiger partial charge >= 0.3 is 0 Å². The van der Waals surface area contributed by atoms with E-state index in [-0.39, 0.29) is 0 Å². The molecule has 1 heterocycles. The molecule has 3 rings (SSSR count). The van der Waals surface area contributed by atoms with E-state index in [2.05, 4.69) is 30.3 Å². The fourth-order valence-corrected chi connectivity index (χ4v) is 4.32. The largest absolute Gasteiger partial charge is 0.470 e. The summed E-state index contributed by atoms with van der Waals surface area (Å²) in [6.07, 6.45) is 7.80. The fourth-order valence-electron chi connectivity index (χ4n) is 1.83. The second-order valence-electron chi connectivity index (χ2n) is 4.24. The lowest BCUT2D eigenvalue weighted by molar-refractivity contribution is 0.230. The molecule has 0 unspecified atom stereocenters. The molecule has 2 aromatic carbocycles. The molecule has 3 heteroatoms. The number of hydrogen-bond acceptors (Lipinski definition) is 3. The van der Waals surface area contributed by atoms with Gasteiger partial charge in [-0.15, -0.1) is 0 Å². The van der Waals surface area contributed by atoms with Gasteiger partial charge in [0.1, 0.15) is 0 Å². The molecule has 100 valence electrons. The lowest BCUT2D eigenvalue weighted by Gasteiger charge is -2.30. The molecule has 0 aliphatic carbocycles. The van der Waals surface area contributed by atoms with Crippen molar-refractivity contribution >= 4 is 23.5 Å². The van der Waals surface area contributed by atoms with E-state index in [1.54, 1.807) is 29.8 Å². The maximum absolute atomic E-state index is 5.93. The van der Waals surface area contributed by atoms with Crippen molar-refractivity contribution in [1.29, 1.82) is 0 Å². The summed E-state index contributed by atoms with van der Waals surface area (Å²) in [4.78, 5) is 2.38. The predicted octanol–water partition coefficient (Wildman–Crippen LogP) is 5.32. The first kappa shape index (κ1) is 13.4. The molecule has 1 nitrogen and oxygen atoms in total. The van der Waals surface area contributed by atoms with Gasteiger partial charge in [0.15, 0.2) is 0 Å². The van der Waals surface area contributed by atoms with Gasteiger partial charge in [-0.25, -0.2) is 0 Å².